The molecule has 2 heterocycles. The minimum absolute atomic E-state index is 0.00490. The Morgan fingerprint density at radius 1 is 1.09 bits per heavy atom. The van der Waals surface area contributed by atoms with Gasteiger partial charge in [0.2, 0.25) is 0 Å². The van der Waals surface area contributed by atoms with Crippen molar-refractivity contribution in [1.82, 2.24) is 15.4 Å². The summed E-state index contributed by atoms with van der Waals surface area (Å²) in [4.78, 5) is 37.0. The second-order valence-corrected chi connectivity index (χ2v) is 8.00. The maximum atomic E-state index is 12.4. The Labute approximate surface area is 188 Å². The van der Waals surface area contributed by atoms with Crippen LogP contribution in [0.15, 0.2) is 59.1 Å². The Morgan fingerprint density at radius 3 is 2.36 bits per heavy atom. The smallest absolute Gasteiger partial charge is 0.407 e. The highest BCUT2D eigenvalue weighted by Crippen LogP contribution is 2.44. The van der Waals surface area contributed by atoms with E-state index in [1.807, 2.05) is 36.4 Å². The fourth-order valence-electron chi connectivity index (χ4n) is 4.34. The van der Waals surface area contributed by atoms with Gasteiger partial charge in [-0.3, -0.25) is 4.79 Å². The first-order valence-corrected chi connectivity index (χ1v) is 10.6. The predicted octanol–water partition coefficient (Wildman–Crippen LogP) is 3.01. The number of carboxylic acid groups (broad SMARTS) is 1. The van der Waals surface area contributed by atoms with Crippen LogP contribution in [0.25, 0.3) is 11.1 Å². The van der Waals surface area contributed by atoms with Gasteiger partial charge in [-0.1, -0.05) is 53.7 Å². The Balaban J connectivity index is 1.16. The maximum Gasteiger partial charge on any atom is 0.407 e. The molecule has 1 aliphatic carbocycles. The van der Waals surface area contributed by atoms with Gasteiger partial charge >= 0.3 is 12.1 Å². The second kappa shape index (κ2) is 8.42. The number of rotatable bonds is 6. The summed E-state index contributed by atoms with van der Waals surface area (Å²) in [5, 5.41) is 15.4. The van der Waals surface area contributed by atoms with E-state index in [0.29, 0.717) is 13.0 Å². The van der Waals surface area contributed by atoms with E-state index < -0.39 is 24.0 Å². The number of carbonyl (C=O) groups excluding carboxylic acids is 2. The number of alkyl carbamates (subject to hydrolysis) is 1. The molecule has 3 aromatic rings. The number of nitrogens with zero attached hydrogens (tertiary/aromatic N) is 2. The van der Waals surface area contributed by atoms with Gasteiger partial charge in [0.25, 0.3) is 5.91 Å². The van der Waals surface area contributed by atoms with Gasteiger partial charge in [0, 0.05) is 18.5 Å². The van der Waals surface area contributed by atoms with E-state index in [4.69, 9.17) is 14.4 Å². The van der Waals surface area contributed by atoms with Crippen LogP contribution in [0.3, 0.4) is 0 Å². The molecule has 1 saturated heterocycles. The van der Waals surface area contributed by atoms with Gasteiger partial charge in [0.1, 0.15) is 12.6 Å². The molecule has 1 aliphatic heterocycles. The highest BCUT2D eigenvalue weighted by Gasteiger charge is 2.39. The molecule has 1 unspecified atom stereocenters. The lowest BCUT2D eigenvalue weighted by atomic mass is 9.98. The first kappa shape index (κ1) is 20.7. The van der Waals surface area contributed by atoms with Crippen LogP contribution in [0.5, 0.6) is 0 Å². The second-order valence-electron chi connectivity index (χ2n) is 8.00. The minimum Gasteiger partial charge on any atom is -0.480 e. The predicted molar refractivity (Wildman–Crippen MR) is 115 cm³/mol. The summed E-state index contributed by atoms with van der Waals surface area (Å²) < 4.78 is 10.6. The summed E-state index contributed by atoms with van der Waals surface area (Å²) in [6, 6.07) is 16.7. The molecule has 2 N–H and O–H groups in total. The molecule has 0 spiro atoms. The van der Waals surface area contributed by atoms with E-state index in [0.717, 1.165) is 22.3 Å². The Bertz CT molecular complexity index is 1190. The molecular weight excluding hydrogens is 426 g/mol. The number of aromatic nitrogens is 1. The Hall–Kier alpha value is -4.14. The highest BCUT2D eigenvalue weighted by atomic mass is 16.5. The molecular formula is C24H21N3O6. The molecule has 1 fully saturated rings. The zero-order chi connectivity index (χ0) is 22.9. The van der Waals surface area contributed by atoms with Crippen LogP contribution in [0.1, 0.15) is 39.7 Å². The standard InChI is InChI=1S/C24H21N3O6/c28-22(27-10-9-21(27)23(29)30)20-11-14(33-26-20)12-25-24(31)32-13-19-17-7-3-1-5-15(17)16-6-2-4-8-18(16)19/h1-8,11,19,21H,9-10,12-13H2,(H,25,31)(H,29,30). The van der Waals surface area contributed by atoms with Gasteiger partial charge in [-0.25, -0.2) is 9.59 Å². The van der Waals surface area contributed by atoms with Crippen LogP contribution in [0.2, 0.25) is 0 Å². The van der Waals surface area contributed by atoms with Crippen molar-refractivity contribution in [2.45, 2.75) is 24.9 Å². The number of ether oxygens (including phenoxy) is 1. The van der Waals surface area contributed by atoms with E-state index in [1.54, 1.807) is 0 Å². The molecule has 33 heavy (non-hydrogen) atoms. The highest BCUT2D eigenvalue weighted by molar-refractivity contribution is 5.96. The normalized spacial score (nSPS) is 16.5. The van der Waals surface area contributed by atoms with Crippen molar-refractivity contribution < 1.29 is 28.8 Å². The summed E-state index contributed by atoms with van der Waals surface area (Å²) in [6.45, 7) is 0.529. The summed E-state index contributed by atoms with van der Waals surface area (Å²) in [7, 11) is 0. The lowest BCUT2D eigenvalue weighted by molar-refractivity contribution is -0.146. The average Bonchev–Trinajstić information content (AvgIpc) is 3.38. The van der Waals surface area contributed by atoms with Crippen molar-refractivity contribution in [1.29, 1.82) is 0 Å². The molecule has 2 amide bonds. The SMILES string of the molecule is O=C(NCc1cc(C(=O)N2CCC2C(=O)O)no1)OCC1c2ccccc2-c2ccccc21. The molecule has 9 nitrogen and oxygen atoms in total. The molecule has 2 aliphatic rings. The van der Waals surface area contributed by atoms with Crippen molar-refractivity contribution in [2.24, 2.45) is 0 Å². The van der Waals surface area contributed by atoms with E-state index in [2.05, 4.69) is 22.6 Å². The van der Waals surface area contributed by atoms with Gasteiger partial charge in [0.05, 0.1) is 6.54 Å². The molecule has 168 valence electrons. The molecule has 0 saturated carbocycles. The first-order valence-electron chi connectivity index (χ1n) is 10.6. The van der Waals surface area contributed by atoms with Crippen LogP contribution in [0, 0.1) is 0 Å². The fraction of sp³-hybridized carbons (Fsp3) is 0.250. The summed E-state index contributed by atoms with van der Waals surface area (Å²) >= 11 is 0. The summed E-state index contributed by atoms with van der Waals surface area (Å²) in [6.07, 6.45) is -0.204. The fourth-order valence-corrected chi connectivity index (χ4v) is 4.34. The van der Waals surface area contributed by atoms with Crippen LogP contribution in [0.4, 0.5) is 4.79 Å². The molecule has 2 aromatic carbocycles. The summed E-state index contributed by atoms with van der Waals surface area (Å²) in [5.41, 5.74) is 4.54. The minimum atomic E-state index is -1.05. The number of aliphatic carboxylic acids is 1. The van der Waals surface area contributed by atoms with Crippen molar-refractivity contribution in [3.8, 4) is 11.1 Å². The first-order chi connectivity index (χ1) is 16.0. The Kier molecular flexibility index (Phi) is 5.29. The number of hydrogen-bond acceptors (Lipinski definition) is 6. The van der Waals surface area contributed by atoms with Gasteiger partial charge in [-0.15, -0.1) is 0 Å². The topological polar surface area (TPSA) is 122 Å². The number of hydrogen-bond donors (Lipinski definition) is 2. The number of nitrogens with one attached hydrogen (secondary N) is 1. The Morgan fingerprint density at radius 2 is 1.76 bits per heavy atom. The zero-order valence-electron chi connectivity index (χ0n) is 17.6. The average molecular weight is 447 g/mol. The molecule has 1 aromatic heterocycles. The molecule has 5 rings (SSSR count). The van der Waals surface area contributed by atoms with E-state index in [9.17, 15) is 14.4 Å². The van der Waals surface area contributed by atoms with Crippen LogP contribution >= 0.6 is 0 Å². The molecule has 0 bridgehead atoms. The van der Waals surface area contributed by atoms with Crippen molar-refractivity contribution in [2.75, 3.05) is 13.2 Å². The molecule has 1 atom stereocenters. The van der Waals surface area contributed by atoms with Crippen LogP contribution < -0.4 is 5.32 Å². The van der Waals surface area contributed by atoms with Gasteiger partial charge in [-0.2, -0.15) is 0 Å². The lowest BCUT2D eigenvalue weighted by Gasteiger charge is -2.37. The van der Waals surface area contributed by atoms with Gasteiger partial charge in [-0.05, 0) is 28.7 Å². The number of amides is 2. The number of carboxylic acids is 1. The van der Waals surface area contributed by atoms with Crippen molar-refractivity contribution in [3.05, 3.63) is 77.2 Å². The zero-order valence-corrected chi connectivity index (χ0v) is 17.6. The maximum absolute atomic E-state index is 12.4. The molecule has 0 radical (unpaired) electrons. The summed E-state index contributed by atoms with van der Waals surface area (Å²) in [5.74, 6) is -1.34. The molecule has 9 heteroatoms. The number of benzene rings is 2. The van der Waals surface area contributed by atoms with Crippen LogP contribution in [-0.2, 0) is 16.1 Å². The van der Waals surface area contributed by atoms with Crippen molar-refractivity contribution in [3.63, 3.8) is 0 Å². The third kappa shape index (κ3) is 3.82. The number of carbonyl (C=O) groups is 3. The quantitative estimate of drug-likeness (QED) is 0.596. The van der Waals surface area contributed by atoms with Gasteiger partial charge < -0.3 is 24.6 Å². The third-order valence-electron chi connectivity index (χ3n) is 6.09. The van der Waals surface area contributed by atoms with Crippen molar-refractivity contribution >= 4 is 18.0 Å². The third-order valence-corrected chi connectivity index (χ3v) is 6.09. The van der Waals surface area contributed by atoms with E-state index in [-0.39, 0.29) is 30.5 Å². The van der Waals surface area contributed by atoms with Gasteiger partial charge in [0.15, 0.2) is 11.5 Å². The number of likely N-dealkylation sites (tertiary alicyclic amines) is 1. The van der Waals surface area contributed by atoms with Crippen LogP contribution in [-0.4, -0.2) is 52.3 Å². The largest absolute Gasteiger partial charge is 0.480 e. The monoisotopic (exact) mass is 447 g/mol. The number of fused-ring (bicyclic) bond motifs is 3. The lowest BCUT2D eigenvalue weighted by Crippen LogP contribution is -2.55. The van der Waals surface area contributed by atoms with E-state index >= 15 is 0 Å². The van der Waals surface area contributed by atoms with E-state index in [1.165, 1.54) is 11.0 Å².